The molecular formula is C10H14ClNO3S. The van der Waals surface area contributed by atoms with Gasteiger partial charge in [-0.15, -0.1) is 0 Å². The summed E-state index contributed by atoms with van der Waals surface area (Å²) in [4.78, 5) is 4.06. The van der Waals surface area contributed by atoms with E-state index < -0.39 is 9.05 Å². The van der Waals surface area contributed by atoms with Gasteiger partial charge >= 0.3 is 0 Å². The van der Waals surface area contributed by atoms with Crippen LogP contribution in [0.3, 0.4) is 0 Å². The molecular weight excluding hydrogens is 250 g/mol. The van der Waals surface area contributed by atoms with Crippen molar-refractivity contribution in [2.75, 3.05) is 12.4 Å². The fraction of sp³-hybridized carbons (Fsp3) is 0.500. The minimum atomic E-state index is -3.46. The van der Waals surface area contributed by atoms with Crippen LogP contribution in [0.5, 0.6) is 5.75 Å². The van der Waals surface area contributed by atoms with Crippen molar-refractivity contribution in [2.45, 2.75) is 13.8 Å². The van der Waals surface area contributed by atoms with E-state index in [0.717, 1.165) is 5.69 Å². The Morgan fingerprint density at radius 3 is 2.81 bits per heavy atom. The Morgan fingerprint density at radius 1 is 1.56 bits per heavy atom. The molecule has 0 bridgehead atoms. The fourth-order valence-corrected chi connectivity index (χ4v) is 2.66. The van der Waals surface area contributed by atoms with E-state index in [1.54, 1.807) is 25.3 Å². The quantitative estimate of drug-likeness (QED) is 0.762. The normalized spacial score (nSPS) is 13.4. The Kier molecular flexibility index (Phi) is 4.56. The van der Waals surface area contributed by atoms with Crippen LogP contribution >= 0.6 is 10.7 Å². The molecule has 0 aliphatic heterocycles. The molecule has 0 spiro atoms. The molecule has 4 nitrogen and oxygen atoms in total. The highest BCUT2D eigenvalue weighted by Gasteiger charge is 2.13. The van der Waals surface area contributed by atoms with Crippen LogP contribution < -0.4 is 4.74 Å². The lowest BCUT2D eigenvalue weighted by molar-refractivity contribution is 0.269. The number of halogens is 1. The maximum atomic E-state index is 10.8. The van der Waals surface area contributed by atoms with Gasteiger partial charge in [0, 0.05) is 22.8 Å². The van der Waals surface area contributed by atoms with Crippen LogP contribution in [0.4, 0.5) is 0 Å². The molecule has 0 amide bonds. The van der Waals surface area contributed by atoms with Crippen LogP contribution in [0.2, 0.25) is 0 Å². The number of aryl methyl sites for hydroxylation is 1. The molecule has 1 aromatic rings. The topological polar surface area (TPSA) is 56.3 Å². The van der Waals surface area contributed by atoms with E-state index in [-0.39, 0.29) is 11.7 Å². The van der Waals surface area contributed by atoms with E-state index in [4.69, 9.17) is 15.4 Å². The first kappa shape index (κ1) is 13.3. The summed E-state index contributed by atoms with van der Waals surface area (Å²) in [5, 5.41) is 0. The molecule has 0 aliphatic rings. The summed E-state index contributed by atoms with van der Waals surface area (Å²) in [6.45, 7) is 3.91. The zero-order valence-electron chi connectivity index (χ0n) is 9.18. The Hall–Kier alpha value is -0.810. The third kappa shape index (κ3) is 4.81. The first-order valence-electron chi connectivity index (χ1n) is 4.85. The molecule has 1 atom stereocenters. The highest BCUT2D eigenvalue weighted by molar-refractivity contribution is 8.13. The summed E-state index contributed by atoms with van der Waals surface area (Å²) in [6.07, 6.45) is 1.68. The lowest BCUT2D eigenvalue weighted by atomic mass is 10.2. The van der Waals surface area contributed by atoms with Gasteiger partial charge in [0.25, 0.3) is 0 Å². The van der Waals surface area contributed by atoms with Gasteiger partial charge in [0.1, 0.15) is 5.75 Å². The van der Waals surface area contributed by atoms with Crippen LogP contribution in [0.15, 0.2) is 18.3 Å². The van der Waals surface area contributed by atoms with Crippen LogP contribution in [0.25, 0.3) is 0 Å². The number of hydrogen-bond donors (Lipinski definition) is 0. The molecule has 1 rings (SSSR count). The summed E-state index contributed by atoms with van der Waals surface area (Å²) in [5.41, 5.74) is 0.781. The largest absolute Gasteiger partial charge is 0.491 e. The van der Waals surface area contributed by atoms with Gasteiger partial charge in [0.15, 0.2) is 0 Å². The molecule has 0 fully saturated rings. The highest BCUT2D eigenvalue weighted by Crippen LogP contribution is 2.15. The van der Waals surface area contributed by atoms with Crippen molar-refractivity contribution in [2.24, 2.45) is 5.92 Å². The Morgan fingerprint density at radius 2 is 2.25 bits per heavy atom. The molecule has 0 aliphatic carbocycles. The average Bonchev–Trinajstić information content (AvgIpc) is 2.14. The first-order valence-corrected chi connectivity index (χ1v) is 7.33. The number of ether oxygens (including phenoxy) is 1. The van der Waals surface area contributed by atoms with E-state index >= 15 is 0 Å². The van der Waals surface area contributed by atoms with Crippen LogP contribution in [-0.4, -0.2) is 25.8 Å². The number of pyridine rings is 1. The number of aromatic nitrogens is 1. The van der Waals surface area contributed by atoms with Gasteiger partial charge in [-0.3, -0.25) is 4.98 Å². The monoisotopic (exact) mass is 263 g/mol. The van der Waals surface area contributed by atoms with Gasteiger partial charge in [-0.1, -0.05) is 6.92 Å². The lowest BCUT2D eigenvalue weighted by Gasteiger charge is -2.12. The van der Waals surface area contributed by atoms with Crippen LogP contribution in [0, 0.1) is 12.8 Å². The molecule has 0 saturated carbocycles. The molecule has 6 heteroatoms. The maximum absolute atomic E-state index is 10.8. The first-order chi connectivity index (χ1) is 7.38. The summed E-state index contributed by atoms with van der Waals surface area (Å²) < 4.78 is 27.1. The van der Waals surface area contributed by atoms with Crippen molar-refractivity contribution in [1.29, 1.82) is 0 Å². The highest BCUT2D eigenvalue weighted by atomic mass is 35.7. The third-order valence-corrected chi connectivity index (χ3v) is 3.31. The minimum absolute atomic E-state index is 0.0894. The van der Waals surface area contributed by atoms with Crippen LogP contribution in [0.1, 0.15) is 12.6 Å². The van der Waals surface area contributed by atoms with Crippen LogP contribution in [-0.2, 0) is 9.05 Å². The van der Waals surface area contributed by atoms with Crippen molar-refractivity contribution in [3.05, 3.63) is 24.0 Å². The number of nitrogens with zero attached hydrogens (tertiary/aromatic N) is 1. The van der Waals surface area contributed by atoms with Gasteiger partial charge in [-0.05, 0) is 19.1 Å². The van der Waals surface area contributed by atoms with Crippen molar-refractivity contribution >= 4 is 19.7 Å². The Bertz CT molecular complexity index is 447. The molecule has 0 saturated heterocycles. The SMILES string of the molecule is Cc1ncccc1OCC(C)CS(=O)(=O)Cl. The van der Waals surface area contributed by atoms with Gasteiger partial charge in [0.2, 0.25) is 9.05 Å². The summed E-state index contributed by atoms with van der Waals surface area (Å²) in [5.74, 6) is 0.428. The zero-order chi connectivity index (χ0) is 12.2. The average molecular weight is 264 g/mol. The molecule has 1 aromatic heterocycles. The van der Waals surface area contributed by atoms with Gasteiger partial charge in [-0.25, -0.2) is 8.42 Å². The molecule has 1 unspecified atom stereocenters. The molecule has 90 valence electrons. The van der Waals surface area contributed by atoms with E-state index in [9.17, 15) is 8.42 Å². The predicted octanol–water partition coefficient (Wildman–Crippen LogP) is 1.97. The van der Waals surface area contributed by atoms with E-state index in [0.29, 0.717) is 12.4 Å². The van der Waals surface area contributed by atoms with Crippen molar-refractivity contribution in [3.8, 4) is 5.75 Å². The molecule has 16 heavy (non-hydrogen) atoms. The predicted molar refractivity (Wildman–Crippen MR) is 63.3 cm³/mol. The van der Waals surface area contributed by atoms with Gasteiger partial charge in [0.05, 0.1) is 18.1 Å². The van der Waals surface area contributed by atoms with Crippen molar-refractivity contribution in [3.63, 3.8) is 0 Å². The van der Waals surface area contributed by atoms with E-state index in [1.807, 2.05) is 6.92 Å². The molecule has 0 radical (unpaired) electrons. The van der Waals surface area contributed by atoms with E-state index in [2.05, 4.69) is 4.98 Å². The third-order valence-electron chi connectivity index (χ3n) is 1.97. The summed E-state index contributed by atoms with van der Waals surface area (Å²) in [7, 11) is 1.68. The fourth-order valence-electron chi connectivity index (χ4n) is 1.24. The number of rotatable bonds is 5. The number of hydrogen-bond acceptors (Lipinski definition) is 4. The Balaban J connectivity index is 2.49. The smallest absolute Gasteiger partial charge is 0.232 e. The second-order valence-corrected chi connectivity index (χ2v) is 6.53. The molecule has 0 aromatic carbocycles. The zero-order valence-corrected chi connectivity index (χ0v) is 10.8. The molecule has 0 N–H and O–H groups in total. The van der Waals surface area contributed by atoms with Crippen molar-refractivity contribution < 1.29 is 13.2 Å². The standard InChI is InChI=1S/C10H14ClNO3S/c1-8(7-16(11,13)14)6-15-10-4-3-5-12-9(10)2/h3-5,8H,6-7H2,1-2H3. The molecule has 1 heterocycles. The van der Waals surface area contributed by atoms with E-state index in [1.165, 1.54) is 0 Å². The maximum Gasteiger partial charge on any atom is 0.232 e. The van der Waals surface area contributed by atoms with Crippen molar-refractivity contribution in [1.82, 2.24) is 4.98 Å². The second kappa shape index (κ2) is 5.50. The lowest BCUT2D eigenvalue weighted by Crippen LogP contribution is -2.16. The second-order valence-electron chi connectivity index (χ2n) is 3.71. The Labute approximate surface area is 100 Å². The summed E-state index contributed by atoms with van der Waals surface area (Å²) >= 11 is 0. The minimum Gasteiger partial charge on any atom is -0.491 e. The van der Waals surface area contributed by atoms with Gasteiger partial charge in [-0.2, -0.15) is 0 Å². The van der Waals surface area contributed by atoms with Gasteiger partial charge < -0.3 is 4.74 Å². The summed E-state index contributed by atoms with van der Waals surface area (Å²) in [6, 6.07) is 3.57.